The summed E-state index contributed by atoms with van der Waals surface area (Å²) in [6, 6.07) is 0.393. The van der Waals surface area contributed by atoms with Gasteiger partial charge in [0, 0.05) is 18.6 Å². The van der Waals surface area contributed by atoms with E-state index in [1.165, 1.54) is 25.7 Å². The number of fused-ring (bicyclic) bond motifs is 1. The zero-order valence-corrected chi connectivity index (χ0v) is 12.2. The first-order valence-corrected chi connectivity index (χ1v) is 7.50. The molecule has 4 atom stereocenters. The molecule has 110 valence electrons. The molecule has 0 aromatic rings. The summed E-state index contributed by atoms with van der Waals surface area (Å²) < 4.78 is 5.75. The lowest BCUT2D eigenvalue weighted by Gasteiger charge is -2.34. The molecule has 4 nitrogen and oxygen atoms in total. The lowest BCUT2D eigenvalue weighted by Crippen LogP contribution is -2.53. The van der Waals surface area contributed by atoms with Gasteiger partial charge in [-0.05, 0) is 45.1 Å². The van der Waals surface area contributed by atoms with Gasteiger partial charge in [0.15, 0.2) is 0 Å². The highest BCUT2D eigenvalue weighted by atomic mass is 35.5. The third-order valence-corrected chi connectivity index (χ3v) is 4.74. The Bertz CT molecular complexity index is 308. The van der Waals surface area contributed by atoms with E-state index in [0.717, 1.165) is 32.4 Å². The Morgan fingerprint density at radius 1 is 1.11 bits per heavy atom. The van der Waals surface area contributed by atoms with E-state index in [1.54, 1.807) is 0 Å². The van der Waals surface area contributed by atoms with Gasteiger partial charge in [-0.25, -0.2) is 0 Å². The fourth-order valence-electron chi connectivity index (χ4n) is 3.71. The second-order valence-corrected chi connectivity index (χ2v) is 5.91. The summed E-state index contributed by atoms with van der Waals surface area (Å²) in [7, 11) is 0. The molecule has 0 radical (unpaired) electrons. The Hall–Kier alpha value is -0.320. The van der Waals surface area contributed by atoms with E-state index in [0.29, 0.717) is 18.1 Å². The van der Waals surface area contributed by atoms with Gasteiger partial charge in [0.05, 0.1) is 12.1 Å². The Balaban J connectivity index is 0.00000133. The van der Waals surface area contributed by atoms with Crippen molar-refractivity contribution < 1.29 is 9.53 Å². The molecule has 1 saturated carbocycles. The number of piperidine rings is 1. The largest absolute Gasteiger partial charge is 0.378 e. The standard InChI is InChI=1S/C14H24N2O2.ClH/c17-14(12-4-1-2-8-15-12)16-11-5-3-6-13-10(11)7-9-18-13;/h10-13,15H,1-9H2,(H,16,17);1H. The molecular weight excluding hydrogens is 264 g/mol. The minimum absolute atomic E-state index is 0. The van der Waals surface area contributed by atoms with Crippen molar-refractivity contribution in [1.82, 2.24) is 10.6 Å². The second-order valence-electron chi connectivity index (χ2n) is 5.91. The number of carbonyl (C=O) groups excluding carboxylic acids is 1. The van der Waals surface area contributed by atoms with Crippen LogP contribution in [0.2, 0.25) is 0 Å². The van der Waals surface area contributed by atoms with Crippen molar-refractivity contribution in [2.24, 2.45) is 5.92 Å². The summed E-state index contributed by atoms with van der Waals surface area (Å²) in [5.41, 5.74) is 0. The third-order valence-electron chi connectivity index (χ3n) is 4.74. The van der Waals surface area contributed by atoms with Gasteiger partial charge < -0.3 is 15.4 Å². The number of amides is 1. The zero-order chi connectivity index (χ0) is 12.4. The van der Waals surface area contributed by atoms with E-state index >= 15 is 0 Å². The van der Waals surface area contributed by atoms with Crippen LogP contribution in [0.3, 0.4) is 0 Å². The lowest BCUT2D eigenvalue weighted by atomic mass is 9.81. The molecular formula is C14H25ClN2O2. The van der Waals surface area contributed by atoms with Crippen LogP contribution in [-0.4, -0.2) is 37.2 Å². The smallest absolute Gasteiger partial charge is 0.237 e. The van der Waals surface area contributed by atoms with E-state index in [2.05, 4.69) is 10.6 Å². The van der Waals surface area contributed by atoms with Crippen molar-refractivity contribution in [2.75, 3.05) is 13.2 Å². The lowest BCUT2D eigenvalue weighted by molar-refractivity contribution is -0.125. The molecule has 0 bridgehead atoms. The van der Waals surface area contributed by atoms with Gasteiger partial charge in [-0.2, -0.15) is 0 Å². The minimum Gasteiger partial charge on any atom is -0.378 e. The van der Waals surface area contributed by atoms with Gasteiger partial charge in [0.25, 0.3) is 0 Å². The van der Waals surface area contributed by atoms with Crippen molar-refractivity contribution in [3.05, 3.63) is 0 Å². The number of hydrogen-bond acceptors (Lipinski definition) is 3. The van der Waals surface area contributed by atoms with Gasteiger partial charge in [0.1, 0.15) is 0 Å². The zero-order valence-electron chi connectivity index (χ0n) is 11.4. The topological polar surface area (TPSA) is 50.4 Å². The van der Waals surface area contributed by atoms with Gasteiger partial charge in [0.2, 0.25) is 5.91 Å². The minimum atomic E-state index is 0. The molecule has 2 heterocycles. The predicted octanol–water partition coefficient (Wildman–Crippen LogP) is 1.62. The normalized spacial score (nSPS) is 38.1. The number of hydrogen-bond donors (Lipinski definition) is 2. The first-order valence-electron chi connectivity index (χ1n) is 7.50. The average Bonchev–Trinajstić information content (AvgIpc) is 2.89. The van der Waals surface area contributed by atoms with Crippen LogP contribution in [0.5, 0.6) is 0 Å². The number of rotatable bonds is 2. The number of nitrogens with one attached hydrogen (secondary N) is 2. The summed E-state index contributed by atoms with van der Waals surface area (Å²) in [6.45, 7) is 1.86. The summed E-state index contributed by atoms with van der Waals surface area (Å²) >= 11 is 0. The summed E-state index contributed by atoms with van der Waals surface area (Å²) in [6.07, 6.45) is 8.38. The molecule has 5 heteroatoms. The number of halogens is 1. The Morgan fingerprint density at radius 2 is 2.00 bits per heavy atom. The van der Waals surface area contributed by atoms with E-state index in [1.807, 2.05) is 0 Å². The maximum atomic E-state index is 12.2. The van der Waals surface area contributed by atoms with Crippen LogP contribution in [-0.2, 0) is 9.53 Å². The van der Waals surface area contributed by atoms with Crippen LogP contribution < -0.4 is 10.6 Å². The van der Waals surface area contributed by atoms with Gasteiger partial charge in [-0.15, -0.1) is 12.4 Å². The van der Waals surface area contributed by atoms with Crippen molar-refractivity contribution >= 4 is 18.3 Å². The molecule has 3 fully saturated rings. The van der Waals surface area contributed by atoms with E-state index in [9.17, 15) is 4.79 Å². The van der Waals surface area contributed by atoms with E-state index in [-0.39, 0.29) is 24.4 Å². The highest BCUT2D eigenvalue weighted by Crippen LogP contribution is 2.34. The fraction of sp³-hybridized carbons (Fsp3) is 0.929. The SMILES string of the molecule is Cl.O=C(NC1CCCC2OCCC12)C1CCCCN1. The Labute approximate surface area is 121 Å². The van der Waals surface area contributed by atoms with Crippen molar-refractivity contribution in [3.8, 4) is 0 Å². The molecule has 0 spiro atoms. The maximum absolute atomic E-state index is 12.2. The van der Waals surface area contributed by atoms with Gasteiger partial charge in [-0.3, -0.25) is 4.79 Å². The van der Waals surface area contributed by atoms with Crippen LogP contribution in [0.15, 0.2) is 0 Å². The molecule has 1 amide bonds. The molecule has 0 aromatic heterocycles. The highest BCUT2D eigenvalue weighted by molar-refractivity contribution is 5.85. The van der Waals surface area contributed by atoms with Crippen LogP contribution in [0.4, 0.5) is 0 Å². The van der Waals surface area contributed by atoms with Gasteiger partial charge >= 0.3 is 0 Å². The third kappa shape index (κ3) is 3.41. The summed E-state index contributed by atoms with van der Waals surface area (Å²) in [5, 5.41) is 6.60. The number of ether oxygens (including phenoxy) is 1. The van der Waals surface area contributed by atoms with Crippen molar-refractivity contribution in [1.29, 1.82) is 0 Å². The Morgan fingerprint density at radius 3 is 2.79 bits per heavy atom. The van der Waals surface area contributed by atoms with Crippen LogP contribution in [0.25, 0.3) is 0 Å². The molecule has 2 N–H and O–H groups in total. The average molecular weight is 289 g/mol. The molecule has 0 aromatic carbocycles. The maximum Gasteiger partial charge on any atom is 0.237 e. The van der Waals surface area contributed by atoms with Crippen LogP contribution in [0.1, 0.15) is 44.9 Å². The highest BCUT2D eigenvalue weighted by Gasteiger charge is 2.38. The van der Waals surface area contributed by atoms with Crippen molar-refractivity contribution in [3.63, 3.8) is 0 Å². The fourth-order valence-corrected chi connectivity index (χ4v) is 3.71. The van der Waals surface area contributed by atoms with E-state index in [4.69, 9.17) is 4.74 Å². The Kier molecular flexibility index (Phi) is 5.48. The molecule has 2 aliphatic heterocycles. The first kappa shape index (κ1) is 15.1. The van der Waals surface area contributed by atoms with Crippen molar-refractivity contribution in [2.45, 2.75) is 63.1 Å². The monoisotopic (exact) mass is 288 g/mol. The van der Waals surface area contributed by atoms with E-state index < -0.39 is 0 Å². The second kappa shape index (κ2) is 6.91. The van der Waals surface area contributed by atoms with Gasteiger partial charge in [-0.1, -0.05) is 6.42 Å². The first-order chi connectivity index (χ1) is 8.84. The van der Waals surface area contributed by atoms with Crippen LogP contribution in [0, 0.1) is 5.92 Å². The predicted molar refractivity (Wildman–Crippen MR) is 76.5 cm³/mol. The molecule has 3 aliphatic rings. The molecule has 19 heavy (non-hydrogen) atoms. The number of carbonyl (C=O) groups is 1. The quantitative estimate of drug-likeness (QED) is 0.812. The molecule has 4 unspecified atom stereocenters. The summed E-state index contributed by atoms with van der Waals surface area (Å²) in [4.78, 5) is 12.2. The molecule has 3 rings (SSSR count). The molecule has 2 saturated heterocycles. The summed E-state index contributed by atoms with van der Waals surface area (Å²) in [5.74, 6) is 0.776. The van der Waals surface area contributed by atoms with Crippen LogP contribution >= 0.6 is 12.4 Å². The molecule has 1 aliphatic carbocycles.